The molecule has 0 radical (unpaired) electrons. The van der Waals surface area contributed by atoms with Crippen molar-refractivity contribution in [3.8, 4) is 0 Å². The molecule has 2 aromatic rings. The lowest BCUT2D eigenvalue weighted by molar-refractivity contribution is -0.180. The van der Waals surface area contributed by atoms with Gasteiger partial charge >= 0.3 is 0 Å². The number of aromatic amines is 1. The van der Waals surface area contributed by atoms with Crippen molar-refractivity contribution in [2.75, 3.05) is 11.9 Å². The van der Waals surface area contributed by atoms with E-state index in [-0.39, 0.29) is 18.0 Å². The molecule has 0 bridgehead atoms. The van der Waals surface area contributed by atoms with Crippen LogP contribution < -0.4 is 10.9 Å². The maximum absolute atomic E-state index is 12.0. The van der Waals surface area contributed by atoms with E-state index in [2.05, 4.69) is 10.3 Å². The molecule has 140 valence electrons. The van der Waals surface area contributed by atoms with Crippen molar-refractivity contribution in [3.05, 3.63) is 40.2 Å². The number of aliphatic hydroxyl groups excluding tert-OH is 3. The Morgan fingerprint density at radius 1 is 1.27 bits per heavy atom. The van der Waals surface area contributed by atoms with Gasteiger partial charge in [-0.05, 0) is 37.4 Å². The number of fused-ring (bicyclic) bond motifs is 1. The zero-order valence-corrected chi connectivity index (χ0v) is 14.5. The molecule has 5 atom stereocenters. The Bertz CT molecular complexity index is 880. The number of H-pyrrole nitrogens is 1. The van der Waals surface area contributed by atoms with Gasteiger partial charge in [0.25, 0.3) is 5.56 Å². The summed E-state index contributed by atoms with van der Waals surface area (Å²) in [5, 5.41) is 33.4. The number of anilines is 1. The number of pyridine rings is 1. The minimum atomic E-state index is -1.22. The number of carbonyl (C=O) groups is 1. The van der Waals surface area contributed by atoms with Gasteiger partial charge in [-0.15, -0.1) is 0 Å². The average molecular weight is 362 g/mol. The Morgan fingerprint density at radius 2 is 2.00 bits per heavy atom. The number of aliphatic hydroxyl groups is 3. The maximum Gasteiger partial charge on any atom is 0.259 e. The lowest BCUT2D eigenvalue weighted by Crippen LogP contribution is -2.60. The highest BCUT2D eigenvalue weighted by Gasteiger charge is 2.42. The van der Waals surface area contributed by atoms with E-state index in [9.17, 15) is 24.9 Å². The molecule has 5 N–H and O–H groups in total. The summed E-state index contributed by atoms with van der Waals surface area (Å²) < 4.78 is 5.53. The molecule has 5 unspecified atom stereocenters. The standard InChI is InChI=1S/C18H22N2O6/c1-8(22)12-5-10-3-4-11(6-13(10)20-18(12)25)19-15-9(2)26-14(7-21)16(23)17(15)24/h3-6,9,14-17,19,21,23-24H,7H2,1-2H3,(H,20,25). The number of carbonyl (C=O) groups excluding carboxylic acids is 1. The van der Waals surface area contributed by atoms with Gasteiger partial charge in [0.2, 0.25) is 0 Å². The van der Waals surface area contributed by atoms with Crippen LogP contribution in [-0.2, 0) is 4.74 Å². The van der Waals surface area contributed by atoms with Crippen molar-refractivity contribution in [2.24, 2.45) is 0 Å². The second-order valence-electron chi connectivity index (χ2n) is 6.58. The van der Waals surface area contributed by atoms with E-state index < -0.39 is 36.0 Å². The minimum Gasteiger partial charge on any atom is -0.394 e. The van der Waals surface area contributed by atoms with Crippen LogP contribution in [0.15, 0.2) is 29.1 Å². The monoisotopic (exact) mass is 362 g/mol. The first-order valence-corrected chi connectivity index (χ1v) is 8.39. The molecule has 26 heavy (non-hydrogen) atoms. The summed E-state index contributed by atoms with van der Waals surface area (Å²) in [5.41, 5.74) is 0.786. The van der Waals surface area contributed by atoms with Gasteiger partial charge in [-0.1, -0.05) is 6.07 Å². The zero-order chi connectivity index (χ0) is 19.0. The van der Waals surface area contributed by atoms with Crippen LogP contribution in [-0.4, -0.2) is 63.2 Å². The molecule has 1 aliphatic rings. The number of hydrogen-bond donors (Lipinski definition) is 5. The predicted molar refractivity (Wildman–Crippen MR) is 95.4 cm³/mol. The molecule has 0 amide bonds. The zero-order valence-electron chi connectivity index (χ0n) is 14.5. The lowest BCUT2D eigenvalue weighted by Gasteiger charge is -2.41. The summed E-state index contributed by atoms with van der Waals surface area (Å²) in [7, 11) is 0. The van der Waals surface area contributed by atoms with Gasteiger partial charge in [0, 0.05) is 5.69 Å². The van der Waals surface area contributed by atoms with Gasteiger partial charge in [-0.2, -0.15) is 0 Å². The number of ketones is 1. The molecule has 0 saturated carbocycles. The van der Waals surface area contributed by atoms with Gasteiger partial charge in [0.15, 0.2) is 5.78 Å². The Balaban J connectivity index is 1.88. The van der Waals surface area contributed by atoms with Crippen LogP contribution in [0.4, 0.5) is 5.69 Å². The summed E-state index contributed by atoms with van der Waals surface area (Å²) in [4.78, 5) is 26.1. The Labute approximate surface area is 149 Å². The van der Waals surface area contributed by atoms with Crippen molar-refractivity contribution >= 4 is 22.4 Å². The lowest BCUT2D eigenvalue weighted by atomic mass is 9.93. The Kier molecular flexibility index (Phi) is 5.10. The molecule has 1 fully saturated rings. The van der Waals surface area contributed by atoms with Crippen LogP contribution >= 0.6 is 0 Å². The number of rotatable bonds is 4. The van der Waals surface area contributed by atoms with Crippen molar-refractivity contribution in [2.45, 2.75) is 44.3 Å². The molecule has 0 spiro atoms. The number of nitrogens with one attached hydrogen (secondary N) is 2. The van der Waals surface area contributed by atoms with E-state index in [4.69, 9.17) is 4.74 Å². The van der Waals surface area contributed by atoms with Crippen LogP contribution in [0.3, 0.4) is 0 Å². The van der Waals surface area contributed by atoms with Crippen molar-refractivity contribution in [1.29, 1.82) is 0 Å². The summed E-state index contributed by atoms with van der Waals surface area (Å²) in [6, 6.07) is 6.11. The third-order valence-corrected chi connectivity index (χ3v) is 4.73. The molecular formula is C18H22N2O6. The second kappa shape index (κ2) is 7.16. The molecular weight excluding hydrogens is 340 g/mol. The summed E-state index contributed by atoms with van der Waals surface area (Å²) in [6.07, 6.45) is -3.64. The van der Waals surface area contributed by atoms with Crippen LogP contribution in [0.1, 0.15) is 24.2 Å². The number of hydrogen-bond acceptors (Lipinski definition) is 7. The quantitative estimate of drug-likeness (QED) is 0.484. The largest absolute Gasteiger partial charge is 0.394 e. The van der Waals surface area contributed by atoms with Crippen LogP contribution in [0.5, 0.6) is 0 Å². The second-order valence-corrected chi connectivity index (χ2v) is 6.58. The van der Waals surface area contributed by atoms with Gasteiger partial charge < -0.3 is 30.4 Å². The molecule has 8 heteroatoms. The van der Waals surface area contributed by atoms with Gasteiger partial charge in [-0.3, -0.25) is 9.59 Å². The van der Waals surface area contributed by atoms with Crippen LogP contribution in [0.2, 0.25) is 0 Å². The first-order valence-electron chi connectivity index (χ1n) is 8.39. The normalized spacial score (nSPS) is 28.9. The number of Topliss-reactive ketones (excluding diaryl/α,β-unsaturated/α-hetero) is 1. The van der Waals surface area contributed by atoms with E-state index in [1.165, 1.54) is 13.0 Å². The molecule has 0 aliphatic carbocycles. The molecule has 3 rings (SSSR count). The highest BCUT2D eigenvalue weighted by atomic mass is 16.5. The fraction of sp³-hybridized carbons (Fsp3) is 0.444. The average Bonchev–Trinajstić information content (AvgIpc) is 2.60. The van der Waals surface area contributed by atoms with Gasteiger partial charge in [-0.25, -0.2) is 0 Å². The fourth-order valence-electron chi connectivity index (χ4n) is 3.25. The van der Waals surface area contributed by atoms with Crippen LogP contribution in [0.25, 0.3) is 10.9 Å². The Hall–Kier alpha value is -2.26. The molecule has 1 aromatic carbocycles. The predicted octanol–water partition coefficient (Wildman–Crippen LogP) is 0.0126. The van der Waals surface area contributed by atoms with Crippen molar-refractivity contribution in [3.63, 3.8) is 0 Å². The first-order chi connectivity index (χ1) is 12.3. The van der Waals surface area contributed by atoms with E-state index in [1.807, 2.05) is 0 Å². The molecule has 8 nitrogen and oxygen atoms in total. The number of benzene rings is 1. The number of ether oxygens (including phenoxy) is 1. The maximum atomic E-state index is 12.0. The van der Waals surface area contributed by atoms with Crippen molar-refractivity contribution in [1.82, 2.24) is 4.98 Å². The minimum absolute atomic E-state index is 0.0982. The van der Waals surface area contributed by atoms with E-state index in [0.29, 0.717) is 16.6 Å². The van der Waals surface area contributed by atoms with E-state index >= 15 is 0 Å². The summed E-state index contributed by atoms with van der Waals surface area (Å²) in [6.45, 7) is 2.69. The molecule has 1 saturated heterocycles. The third-order valence-electron chi connectivity index (χ3n) is 4.73. The van der Waals surface area contributed by atoms with Crippen molar-refractivity contribution < 1.29 is 24.9 Å². The van der Waals surface area contributed by atoms with Gasteiger partial charge in [0.1, 0.15) is 18.3 Å². The number of aromatic nitrogens is 1. The van der Waals surface area contributed by atoms with E-state index in [1.54, 1.807) is 25.1 Å². The first kappa shape index (κ1) is 18.5. The third kappa shape index (κ3) is 3.36. The van der Waals surface area contributed by atoms with E-state index in [0.717, 1.165) is 0 Å². The highest BCUT2D eigenvalue weighted by molar-refractivity contribution is 5.97. The molecule has 1 aromatic heterocycles. The molecule has 1 aliphatic heterocycles. The fourth-order valence-corrected chi connectivity index (χ4v) is 3.25. The smallest absolute Gasteiger partial charge is 0.259 e. The SMILES string of the molecule is CC(=O)c1cc2ccc(NC3C(C)OC(CO)C(O)C3O)cc2[nH]c1=O. The topological polar surface area (TPSA) is 132 Å². The van der Waals surface area contributed by atoms with Gasteiger partial charge in [0.05, 0.1) is 29.8 Å². The highest BCUT2D eigenvalue weighted by Crippen LogP contribution is 2.25. The van der Waals surface area contributed by atoms with Crippen LogP contribution in [0, 0.1) is 0 Å². The summed E-state index contributed by atoms with van der Waals surface area (Å²) >= 11 is 0. The molecule has 2 heterocycles. The Morgan fingerprint density at radius 3 is 2.65 bits per heavy atom. The summed E-state index contributed by atoms with van der Waals surface area (Å²) in [5.74, 6) is -0.306.